The first-order valence-corrected chi connectivity index (χ1v) is 8.09. The maximum atomic E-state index is 12.1. The molecule has 1 aromatic carbocycles. The lowest BCUT2D eigenvalue weighted by molar-refractivity contribution is -0.115. The van der Waals surface area contributed by atoms with Crippen molar-refractivity contribution >= 4 is 23.1 Å². The Kier molecular flexibility index (Phi) is 4.25. The largest absolute Gasteiger partial charge is 0.360 e. The number of nitrogens with one attached hydrogen (secondary N) is 1. The zero-order valence-electron chi connectivity index (χ0n) is 13.2. The van der Waals surface area contributed by atoms with Crippen LogP contribution in [0.15, 0.2) is 34.9 Å². The number of amides is 1. The Labute approximate surface area is 138 Å². The fourth-order valence-electron chi connectivity index (χ4n) is 2.17. The zero-order chi connectivity index (χ0) is 16.4. The number of benzene rings is 1. The molecule has 0 bridgehead atoms. The van der Waals surface area contributed by atoms with E-state index >= 15 is 0 Å². The van der Waals surface area contributed by atoms with Crippen LogP contribution < -0.4 is 5.32 Å². The van der Waals surface area contributed by atoms with Gasteiger partial charge in [-0.1, -0.05) is 35.0 Å². The average molecular weight is 327 g/mol. The molecule has 2 aromatic heterocycles. The Balaban J connectivity index is 1.73. The van der Waals surface area contributed by atoms with Crippen molar-refractivity contribution in [2.45, 2.75) is 27.2 Å². The second kappa shape index (κ2) is 6.34. The number of hydrogen-bond donors (Lipinski definition) is 1. The minimum Gasteiger partial charge on any atom is -0.360 e. The third-order valence-corrected chi connectivity index (χ3v) is 4.61. The van der Waals surface area contributed by atoms with E-state index in [2.05, 4.69) is 46.6 Å². The quantitative estimate of drug-likeness (QED) is 0.789. The molecule has 1 amide bonds. The average Bonchev–Trinajstić information content (AvgIpc) is 3.06. The summed E-state index contributed by atoms with van der Waals surface area (Å²) in [6.45, 7) is 5.76. The summed E-state index contributed by atoms with van der Waals surface area (Å²) in [4.78, 5) is 17.7. The SMILES string of the molecule is Cc1ccc(-c2nc(C)c(CC(=O)Nc3cc(C)on3)s2)cc1. The Hall–Kier alpha value is -2.47. The van der Waals surface area contributed by atoms with Gasteiger partial charge >= 0.3 is 0 Å². The van der Waals surface area contributed by atoms with Gasteiger partial charge in [0.25, 0.3) is 0 Å². The lowest BCUT2D eigenvalue weighted by Gasteiger charge is -1.99. The summed E-state index contributed by atoms with van der Waals surface area (Å²) in [5.74, 6) is 0.977. The summed E-state index contributed by atoms with van der Waals surface area (Å²) < 4.78 is 4.94. The standard InChI is InChI=1S/C17H17N3O2S/c1-10-4-6-13(7-5-10)17-18-12(3)14(23-17)9-16(21)19-15-8-11(2)22-20-15/h4-8H,9H2,1-3H3,(H,19,20,21). The Morgan fingerprint density at radius 2 is 1.96 bits per heavy atom. The van der Waals surface area contributed by atoms with Gasteiger partial charge in [-0.15, -0.1) is 11.3 Å². The topological polar surface area (TPSA) is 68.0 Å². The summed E-state index contributed by atoms with van der Waals surface area (Å²) in [6, 6.07) is 9.91. The van der Waals surface area contributed by atoms with Gasteiger partial charge in [-0.25, -0.2) is 4.98 Å². The molecule has 0 saturated heterocycles. The van der Waals surface area contributed by atoms with Gasteiger partial charge in [0.05, 0.1) is 12.1 Å². The second-order valence-corrected chi connectivity index (χ2v) is 6.53. The van der Waals surface area contributed by atoms with Crippen molar-refractivity contribution in [1.29, 1.82) is 0 Å². The zero-order valence-corrected chi connectivity index (χ0v) is 14.0. The lowest BCUT2D eigenvalue weighted by Crippen LogP contribution is -2.14. The molecule has 0 fully saturated rings. The van der Waals surface area contributed by atoms with E-state index < -0.39 is 0 Å². The number of thiazole rings is 1. The van der Waals surface area contributed by atoms with Gasteiger partial charge < -0.3 is 9.84 Å². The molecule has 6 heteroatoms. The first-order chi connectivity index (χ1) is 11.0. The molecule has 0 unspecified atom stereocenters. The molecule has 0 aliphatic carbocycles. The Morgan fingerprint density at radius 1 is 1.22 bits per heavy atom. The van der Waals surface area contributed by atoms with E-state index in [-0.39, 0.29) is 12.3 Å². The molecular weight excluding hydrogens is 310 g/mol. The van der Waals surface area contributed by atoms with Crippen molar-refractivity contribution in [2.24, 2.45) is 0 Å². The highest BCUT2D eigenvalue weighted by Crippen LogP contribution is 2.28. The van der Waals surface area contributed by atoms with Crippen LogP contribution in [0.1, 0.15) is 21.9 Å². The minimum atomic E-state index is -0.125. The number of aromatic nitrogens is 2. The van der Waals surface area contributed by atoms with Crippen LogP contribution in [-0.4, -0.2) is 16.0 Å². The normalized spacial score (nSPS) is 10.7. The first kappa shape index (κ1) is 15.4. The molecule has 3 rings (SSSR count). The van der Waals surface area contributed by atoms with Gasteiger partial charge in [-0.05, 0) is 20.8 Å². The second-order valence-electron chi connectivity index (χ2n) is 5.44. The molecule has 0 aliphatic rings. The van der Waals surface area contributed by atoms with Gasteiger partial charge in [-0.3, -0.25) is 4.79 Å². The maximum absolute atomic E-state index is 12.1. The van der Waals surface area contributed by atoms with Crippen LogP contribution in [0.2, 0.25) is 0 Å². The molecule has 0 atom stereocenters. The van der Waals surface area contributed by atoms with Gasteiger partial charge in [0.15, 0.2) is 5.82 Å². The van der Waals surface area contributed by atoms with Crippen molar-refractivity contribution < 1.29 is 9.32 Å². The summed E-state index contributed by atoms with van der Waals surface area (Å²) in [6.07, 6.45) is 0.279. The molecule has 23 heavy (non-hydrogen) atoms. The van der Waals surface area contributed by atoms with Crippen LogP contribution in [0.4, 0.5) is 5.82 Å². The summed E-state index contributed by atoms with van der Waals surface area (Å²) in [7, 11) is 0. The molecule has 5 nitrogen and oxygen atoms in total. The smallest absolute Gasteiger partial charge is 0.230 e. The van der Waals surface area contributed by atoms with Crippen molar-refractivity contribution in [1.82, 2.24) is 10.1 Å². The van der Waals surface area contributed by atoms with E-state index in [0.29, 0.717) is 11.6 Å². The number of aryl methyl sites for hydroxylation is 3. The highest BCUT2D eigenvalue weighted by Gasteiger charge is 2.14. The van der Waals surface area contributed by atoms with Crippen LogP contribution in [0, 0.1) is 20.8 Å². The molecule has 0 aliphatic heterocycles. The summed E-state index contributed by atoms with van der Waals surface area (Å²) in [5, 5.41) is 7.42. The van der Waals surface area contributed by atoms with Crippen LogP contribution in [-0.2, 0) is 11.2 Å². The van der Waals surface area contributed by atoms with E-state index in [4.69, 9.17) is 4.52 Å². The van der Waals surface area contributed by atoms with E-state index in [0.717, 1.165) is 21.1 Å². The third-order valence-electron chi connectivity index (χ3n) is 3.41. The number of nitrogens with zero attached hydrogens (tertiary/aromatic N) is 2. The molecule has 2 heterocycles. The van der Waals surface area contributed by atoms with Crippen LogP contribution >= 0.6 is 11.3 Å². The number of hydrogen-bond acceptors (Lipinski definition) is 5. The van der Waals surface area contributed by atoms with Crippen molar-refractivity contribution in [2.75, 3.05) is 5.32 Å². The highest BCUT2D eigenvalue weighted by atomic mass is 32.1. The first-order valence-electron chi connectivity index (χ1n) is 7.28. The minimum absolute atomic E-state index is 0.125. The number of carbonyl (C=O) groups is 1. The predicted octanol–water partition coefficient (Wildman–Crippen LogP) is 3.90. The molecule has 3 aromatic rings. The van der Waals surface area contributed by atoms with E-state index in [1.54, 1.807) is 24.3 Å². The number of carbonyl (C=O) groups excluding carboxylic acids is 1. The molecule has 0 radical (unpaired) electrons. The predicted molar refractivity (Wildman–Crippen MR) is 90.6 cm³/mol. The highest BCUT2D eigenvalue weighted by molar-refractivity contribution is 7.15. The van der Waals surface area contributed by atoms with Crippen molar-refractivity contribution in [3.05, 3.63) is 52.2 Å². The van der Waals surface area contributed by atoms with Crippen molar-refractivity contribution in [3.63, 3.8) is 0 Å². The lowest BCUT2D eigenvalue weighted by atomic mass is 10.2. The Morgan fingerprint density at radius 3 is 2.61 bits per heavy atom. The van der Waals surface area contributed by atoms with E-state index in [1.807, 2.05) is 6.92 Å². The Bertz CT molecular complexity index is 834. The molecule has 118 valence electrons. The van der Waals surface area contributed by atoms with Gasteiger partial charge in [0, 0.05) is 16.5 Å². The molecular formula is C17H17N3O2S. The number of anilines is 1. The molecule has 0 spiro atoms. The summed E-state index contributed by atoms with van der Waals surface area (Å²) in [5.41, 5.74) is 3.17. The fourth-order valence-corrected chi connectivity index (χ4v) is 3.24. The fraction of sp³-hybridized carbons (Fsp3) is 0.235. The molecule has 1 N–H and O–H groups in total. The summed E-state index contributed by atoms with van der Waals surface area (Å²) >= 11 is 1.55. The third kappa shape index (κ3) is 3.65. The van der Waals surface area contributed by atoms with E-state index in [1.165, 1.54) is 5.56 Å². The monoisotopic (exact) mass is 327 g/mol. The van der Waals surface area contributed by atoms with Gasteiger partial charge in [-0.2, -0.15) is 0 Å². The van der Waals surface area contributed by atoms with E-state index in [9.17, 15) is 4.79 Å². The maximum Gasteiger partial charge on any atom is 0.230 e. The van der Waals surface area contributed by atoms with Crippen LogP contribution in [0.5, 0.6) is 0 Å². The van der Waals surface area contributed by atoms with Gasteiger partial charge in [0.2, 0.25) is 5.91 Å². The van der Waals surface area contributed by atoms with Gasteiger partial charge in [0.1, 0.15) is 10.8 Å². The van der Waals surface area contributed by atoms with Crippen LogP contribution in [0.3, 0.4) is 0 Å². The molecule has 0 saturated carbocycles. The van der Waals surface area contributed by atoms with Crippen molar-refractivity contribution in [3.8, 4) is 10.6 Å². The number of rotatable bonds is 4. The van der Waals surface area contributed by atoms with Crippen LogP contribution in [0.25, 0.3) is 10.6 Å².